The summed E-state index contributed by atoms with van der Waals surface area (Å²) in [6, 6.07) is 0. The lowest BCUT2D eigenvalue weighted by Gasteiger charge is -2.08. The highest BCUT2D eigenvalue weighted by molar-refractivity contribution is 5.22. The fourth-order valence-electron chi connectivity index (χ4n) is 0.815. The van der Waals surface area contributed by atoms with Crippen LogP contribution in [0.2, 0.25) is 0 Å². The second-order valence-corrected chi connectivity index (χ2v) is 2.84. The molecule has 0 atom stereocenters. The van der Waals surface area contributed by atoms with Crippen LogP contribution < -0.4 is 5.73 Å². The molecule has 1 heterocycles. The molecule has 0 unspecified atom stereocenters. The maximum Gasteiger partial charge on any atom is 0.141 e. The first kappa shape index (κ1) is 8.07. The zero-order chi connectivity index (χ0) is 8.27. The fourth-order valence-corrected chi connectivity index (χ4v) is 0.815. The van der Waals surface area contributed by atoms with Gasteiger partial charge in [-0.15, -0.1) is 0 Å². The number of hydrogen-bond acceptors (Lipinski definition) is 3. The van der Waals surface area contributed by atoms with Crippen molar-refractivity contribution in [3.8, 4) is 0 Å². The van der Waals surface area contributed by atoms with Gasteiger partial charge in [0.1, 0.15) is 5.82 Å². The highest BCUT2D eigenvalue weighted by atomic mass is 15.1. The highest BCUT2D eigenvalue weighted by Crippen LogP contribution is 1.95. The second kappa shape index (κ2) is 3.39. The number of rotatable bonds is 3. The Morgan fingerprint density at radius 3 is 2.82 bits per heavy atom. The van der Waals surface area contributed by atoms with Gasteiger partial charge in [0.15, 0.2) is 0 Å². The Labute approximate surface area is 66.6 Å². The van der Waals surface area contributed by atoms with E-state index in [0.29, 0.717) is 5.82 Å². The van der Waals surface area contributed by atoms with Crippen LogP contribution in [0.15, 0.2) is 12.5 Å². The molecule has 1 aromatic rings. The van der Waals surface area contributed by atoms with Gasteiger partial charge in [-0.1, -0.05) is 0 Å². The minimum absolute atomic E-state index is 0.587. The first-order chi connectivity index (χ1) is 5.18. The molecule has 11 heavy (non-hydrogen) atoms. The number of anilines is 1. The van der Waals surface area contributed by atoms with Crippen LogP contribution in [0.4, 0.5) is 5.82 Å². The van der Waals surface area contributed by atoms with E-state index in [1.165, 1.54) is 0 Å². The molecule has 1 aromatic heterocycles. The Kier molecular flexibility index (Phi) is 2.48. The van der Waals surface area contributed by atoms with Gasteiger partial charge in [-0.2, -0.15) is 0 Å². The van der Waals surface area contributed by atoms with Gasteiger partial charge in [0.25, 0.3) is 0 Å². The second-order valence-electron chi connectivity index (χ2n) is 2.84. The number of nitrogens with zero attached hydrogens (tertiary/aromatic N) is 3. The summed E-state index contributed by atoms with van der Waals surface area (Å²) in [7, 11) is 4.08. The largest absolute Gasteiger partial charge is 0.382 e. The number of likely N-dealkylation sites (N-methyl/N-ethyl adjacent to an activating group) is 1. The average Bonchev–Trinajstić information content (AvgIpc) is 2.31. The van der Waals surface area contributed by atoms with E-state index < -0.39 is 0 Å². The summed E-state index contributed by atoms with van der Waals surface area (Å²) in [5, 5.41) is 0. The van der Waals surface area contributed by atoms with Crippen molar-refractivity contribution in [3.63, 3.8) is 0 Å². The van der Waals surface area contributed by atoms with E-state index in [2.05, 4.69) is 9.88 Å². The van der Waals surface area contributed by atoms with Crippen LogP contribution in [0.25, 0.3) is 0 Å². The molecule has 4 heteroatoms. The number of nitrogens with two attached hydrogens (primary N) is 1. The van der Waals surface area contributed by atoms with Gasteiger partial charge >= 0.3 is 0 Å². The minimum atomic E-state index is 0.587. The molecule has 0 aliphatic rings. The lowest BCUT2D eigenvalue weighted by atomic mass is 10.6. The topological polar surface area (TPSA) is 47.1 Å². The molecule has 62 valence electrons. The Morgan fingerprint density at radius 2 is 2.36 bits per heavy atom. The Hall–Kier alpha value is -1.03. The van der Waals surface area contributed by atoms with Crippen LogP contribution in [-0.4, -0.2) is 35.1 Å². The summed E-state index contributed by atoms with van der Waals surface area (Å²) in [5.74, 6) is 0.587. The molecule has 0 aliphatic carbocycles. The van der Waals surface area contributed by atoms with Gasteiger partial charge in [-0.05, 0) is 14.1 Å². The van der Waals surface area contributed by atoms with Crippen molar-refractivity contribution in [2.45, 2.75) is 6.54 Å². The SMILES string of the molecule is CN(C)CCn1cnc(N)c1. The van der Waals surface area contributed by atoms with Gasteiger partial charge < -0.3 is 15.2 Å². The summed E-state index contributed by atoms with van der Waals surface area (Å²) in [5.41, 5.74) is 5.44. The molecule has 2 N–H and O–H groups in total. The lowest BCUT2D eigenvalue weighted by Crippen LogP contribution is -2.17. The van der Waals surface area contributed by atoms with E-state index in [1.54, 1.807) is 6.33 Å². The monoisotopic (exact) mass is 154 g/mol. The maximum absolute atomic E-state index is 5.44. The fraction of sp³-hybridized carbons (Fsp3) is 0.571. The van der Waals surface area contributed by atoms with Crippen LogP contribution >= 0.6 is 0 Å². The van der Waals surface area contributed by atoms with Crippen molar-refractivity contribution in [1.29, 1.82) is 0 Å². The molecular weight excluding hydrogens is 140 g/mol. The number of imidazole rings is 1. The Balaban J connectivity index is 2.39. The third kappa shape index (κ3) is 2.59. The van der Waals surface area contributed by atoms with Crippen molar-refractivity contribution in [2.24, 2.45) is 0 Å². The van der Waals surface area contributed by atoms with Crippen molar-refractivity contribution in [2.75, 3.05) is 26.4 Å². The molecule has 0 radical (unpaired) electrons. The first-order valence-corrected chi connectivity index (χ1v) is 3.60. The zero-order valence-electron chi connectivity index (χ0n) is 6.99. The molecule has 0 amide bonds. The van der Waals surface area contributed by atoms with E-state index in [4.69, 9.17) is 5.73 Å². The highest BCUT2D eigenvalue weighted by Gasteiger charge is 1.93. The molecular formula is C7H14N4. The van der Waals surface area contributed by atoms with Crippen molar-refractivity contribution in [3.05, 3.63) is 12.5 Å². The Morgan fingerprint density at radius 1 is 1.64 bits per heavy atom. The van der Waals surface area contributed by atoms with Crippen LogP contribution in [0.1, 0.15) is 0 Å². The molecule has 0 aliphatic heterocycles. The van der Waals surface area contributed by atoms with E-state index in [1.807, 2.05) is 24.9 Å². The van der Waals surface area contributed by atoms with Gasteiger partial charge in [0.2, 0.25) is 0 Å². The predicted octanol–water partition coefficient (Wildman–Crippen LogP) is 0.0269. The molecule has 0 saturated heterocycles. The molecule has 0 aromatic carbocycles. The van der Waals surface area contributed by atoms with Crippen molar-refractivity contribution in [1.82, 2.24) is 14.5 Å². The first-order valence-electron chi connectivity index (χ1n) is 3.60. The van der Waals surface area contributed by atoms with Crippen LogP contribution in [0, 0.1) is 0 Å². The third-order valence-corrected chi connectivity index (χ3v) is 1.46. The minimum Gasteiger partial charge on any atom is -0.382 e. The normalized spacial score (nSPS) is 10.8. The quantitative estimate of drug-likeness (QED) is 0.668. The smallest absolute Gasteiger partial charge is 0.141 e. The summed E-state index contributed by atoms with van der Waals surface area (Å²) in [6.07, 6.45) is 3.59. The summed E-state index contributed by atoms with van der Waals surface area (Å²) in [4.78, 5) is 6.04. The van der Waals surface area contributed by atoms with Crippen molar-refractivity contribution >= 4 is 5.82 Å². The summed E-state index contributed by atoms with van der Waals surface area (Å²) in [6.45, 7) is 1.95. The molecule has 0 spiro atoms. The van der Waals surface area contributed by atoms with Crippen LogP contribution in [0.5, 0.6) is 0 Å². The zero-order valence-corrected chi connectivity index (χ0v) is 6.99. The predicted molar refractivity (Wildman–Crippen MR) is 45.2 cm³/mol. The average molecular weight is 154 g/mol. The van der Waals surface area contributed by atoms with E-state index >= 15 is 0 Å². The van der Waals surface area contributed by atoms with E-state index in [-0.39, 0.29) is 0 Å². The van der Waals surface area contributed by atoms with Crippen LogP contribution in [-0.2, 0) is 6.54 Å². The standard InChI is InChI=1S/C7H14N4/c1-10(2)3-4-11-5-7(8)9-6-11/h5-6H,3-4,8H2,1-2H3. The van der Waals surface area contributed by atoms with Gasteiger partial charge in [0, 0.05) is 19.3 Å². The summed E-state index contributed by atoms with van der Waals surface area (Å²) < 4.78 is 1.98. The van der Waals surface area contributed by atoms with E-state index in [9.17, 15) is 0 Å². The molecule has 1 rings (SSSR count). The van der Waals surface area contributed by atoms with E-state index in [0.717, 1.165) is 13.1 Å². The third-order valence-electron chi connectivity index (χ3n) is 1.46. The van der Waals surface area contributed by atoms with Gasteiger partial charge in [-0.25, -0.2) is 4.98 Å². The molecule has 0 bridgehead atoms. The molecule has 0 fully saturated rings. The van der Waals surface area contributed by atoms with Crippen molar-refractivity contribution < 1.29 is 0 Å². The van der Waals surface area contributed by atoms with Crippen LogP contribution in [0.3, 0.4) is 0 Å². The van der Waals surface area contributed by atoms with Gasteiger partial charge in [-0.3, -0.25) is 0 Å². The molecule has 4 nitrogen and oxygen atoms in total. The number of aromatic nitrogens is 2. The lowest BCUT2D eigenvalue weighted by molar-refractivity contribution is 0.384. The maximum atomic E-state index is 5.44. The molecule has 0 saturated carbocycles. The summed E-state index contributed by atoms with van der Waals surface area (Å²) >= 11 is 0. The number of hydrogen-bond donors (Lipinski definition) is 1. The number of nitrogen functional groups attached to an aromatic ring is 1. The van der Waals surface area contributed by atoms with Gasteiger partial charge in [0.05, 0.1) is 6.33 Å². The Bertz CT molecular complexity index is 216.